The normalized spacial score (nSPS) is 11.4. The SMILES string of the molecule is CCCCCS(=O)(=O)c1cc(C(=O)O)ccc1Br. The molecule has 0 aliphatic carbocycles. The van der Waals surface area contributed by atoms with Crippen LogP contribution in [-0.4, -0.2) is 25.2 Å². The highest BCUT2D eigenvalue weighted by Gasteiger charge is 2.19. The van der Waals surface area contributed by atoms with Gasteiger partial charge in [-0.25, -0.2) is 13.2 Å². The van der Waals surface area contributed by atoms with E-state index in [1.807, 2.05) is 6.92 Å². The molecule has 100 valence electrons. The van der Waals surface area contributed by atoms with Crippen LogP contribution in [0.3, 0.4) is 0 Å². The van der Waals surface area contributed by atoms with Crippen LogP contribution in [0.25, 0.3) is 0 Å². The molecule has 0 amide bonds. The van der Waals surface area contributed by atoms with Gasteiger partial charge < -0.3 is 5.11 Å². The van der Waals surface area contributed by atoms with Crippen LogP contribution < -0.4 is 0 Å². The second kappa shape index (κ2) is 6.33. The van der Waals surface area contributed by atoms with E-state index in [4.69, 9.17) is 5.11 Å². The predicted octanol–water partition coefficient (Wildman–Crippen LogP) is 3.11. The summed E-state index contributed by atoms with van der Waals surface area (Å²) in [5.41, 5.74) is -0.0210. The van der Waals surface area contributed by atoms with E-state index in [0.29, 0.717) is 10.9 Å². The van der Waals surface area contributed by atoms with Gasteiger partial charge in [0.25, 0.3) is 0 Å². The molecule has 0 bridgehead atoms. The summed E-state index contributed by atoms with van der Waals surface area (Å²) in [4.78, 5) is 10.9. The standard InChI is InChI=1S/C12H15BrO4S/c1-2-3-4-7-18(16,17)11-8-9(12(14)15)5-6-10(11)13/h5-6,8H,2-4,7H2,1H3,(H,14,15). The molecule has 18 heavy (non-hydrogen) atoms. The van der Waals surface area contributed by atoms with Crippen molar-refractivity contribution in [1.82, 2.24) is 0 Å². The molecule has 1 aromatic rings. The topological polar surface area (TPSA) is 71.4 Å². The minimum absolute atomic E-state index is 0.0210. The van der Waals surface area contributed by atoms with Crippen LogP contribution in [-0.2, 0) is 9.84 Å². The van der Waals surface area contributed by atoms with Crippen LogP contribution in [0.15, 0.2) is 27.6 Å². The summed E-state index contributed by atoms with van der Waals surface area (Å²) in [7, 11) is -3.43. The van der Waals surface area contributed by atoms with Gasteiger partial charge in [0.15, 0.2) is 9.84 Å². The van der Waals surface area contributed by atoms with Crippen molar-refractivity contribution in [2.45, 2.75) is 31.1 Å². The molecule has 0 saturated carbocycles. The molecule has 0 radical (unpaired) electrons. The Hall–Kier alpha value is -0.880. The Kier molecular flexibility index (Phi) is 5.34. The van der Waals surface area contributed by atoms with Crippen LogP contribution in [0.1, 0.15) is 36.5 Å². The maximum Gasteiger partial charge on any atom is 0.335 e. The van der Waals surface area contributed by atoms with Crippen LogP contribution >= 0.6 is 15.9 Å². The van der Waals surface area contributed by atoms with Crippen molar-refractivity contribution in [3.8, 4) is 0 Å². The number of hydrogen-bond acceptors (Lipinski definition) is 3. The molecule has 4 nitrogen and oxygen atoms in total. The monoisotopic (exact) mass is 334 g/mol. The number of unbranched alkanes of at least 4 members (excludes halogenated alkanes) is 2. The summed E-state index contributed by atoms with van der Waals surface area (Å²) >= 11 is 3.15. The van der Waals surface area contributed by atoms with Crippen molar-refractivity contribution >= 4 is 31.7 Å². The highest BCUT2D eigenvalue weighted by Crippen LogP contribution is 2.25. The van der Waals surface area contributed by atoms with E-state index in [1.54, 1.807) is 0 Å². The number of carboxylic acid groups (broad SMARTS) is 1. The number of hydrogen-bond donors (Lipinski definition) is 1. The van der Waals surface area contributed by atoms with Gasteiger partial charge in [-0.1, -0.05) is 19.8 Å². The largest absolute Gasteiger partial charge is 0.478 e. The molecule has 0 fully saturated rings. The van der Waals surface area contributed by atoms with Gasteiger partial charge in [-0.15, -0.1) is 0 Å². The van der Waals surface area contributed by atoms with E-state index in [9.17, 15) is 13.2 Å². The van der Waals surface area contributed by atoms with Gasteiger partial charge in [0.1, 0.15) is 0 Å². The molecule has 1 aromatic carbocycles. The van der Waals surface area contributed by atoms with Gasteiger partial charge in [0.2, 0.25) is 0 Å². The Balaban J connectivity index is 3.07. The van der Waals surface area contributed by atoms with E-state index in [-0.39, 0.29) is 16.2 Å². The van der Waals surface area contributed by atoms with Crippen LogP contribution in [0.2, 0.25) is 0 Å². The average molecular weight is 335 g/mol. The minimum Gasteiger partial charge on any atom is -0.478 e. The number of aromatic carboxylic acids is 1. The molecular formula is C12H15BrO4S. The first kappa shape index (κ1) is 15.2. The van der Waals surface area contributed by atoms with E-state index in [2.05, 4.69) is 15.9 Å². The molecular weight excluding hydrogens is 320 g/mol. The maximum absolute atomic E-state index is 12.1. The molecule has 0 aliphatic heterocycles. The molecule has 0 atom stereocenters. The van der Waals surface area contributed by atoms with E-state index < -0.39 is 15.8 Å². The summed E-state index contributed by atoms with van der Waals surface area (Å²) in [6.45, 7) is 1.99. The van der Waals surface area contributed by atoms with E-state index >= 15 is 0 Å². The van der Waals surface area contributed by atoms with Gasteiger partial charge >= 0.3 is 5.97 Å². The fourth-order valence-electron chi connectivity index (χ4n) is 1.53. The van der Waals surface area contributed by atoms with Gasteiger partial charge in [-0.05, 0) is 40.5 Å². The second-order valence-corrected chi connectivity index (χ2v) is 6.91. The Morgan fingerprint density at radius 2 is 2.00 bits per heavy atom. The third kappa shape index (κ3) is 3.81. The molecule has 0 unspecified atom stereocenters. The lowest BCUT2D eigenvalue weighted by atomic mass is 10.2. The third-order valence-electron chi connectivity index (χ3n) is 2.53. The lowest BCUT2D eigenvalue weighted by Crippen LogP contribution is -2.09. The zero-order chi connectivity index (χ0) is 13.8. The Morgan fingerprint density at radius 1 is 1.33 bits per heavy atom. The summed E-state index contributed by atoms with van der Waals surface area (Å²) in [6, 6.07) is 4.03. The van der Waals surface area contributed by atoms with Crippen LogP contribution in [0.5, 0.6) is 0 Å². The lowest BCUT2D eigenvalue weighted by molar-refractivity contribution is 0.0696. The van der Waals surface area contributed by atoms with Gasteiger partial charge in [0, 0.05) is 4.47 Å². The average Bonchev–Trinajstić information content (AvgIpc) is 2.29. The van der Waals surface area contributed by atoms with Crippen molar-refractivity contribution in [2.24, 2.45) is 0 Å². The van der Waals surface area contributed by atoms with Crippen molar-refractivity contribution in [2.75, 3.05) is 5.75 Å². The maximum atomic E-state index is 12.1. The molecule has 1 rings (SSSR count). The van der Waals surface area contributed by atoms with Gasteiger partial charge in [-0.2, -0.15) is 0 Å². The van der Waals surface area contributed by atoms with Gasteiger partial charge in [-0.3, -0.25) is 0 Å². The first-order valence-corrected chi connectivity index (χ1v) is 8.08. The zero-order valence-corrected chi connectivity index (χ0v) is 12.4. The molecule has 0 spiro atoms. The number of carboxylic acids is 1. The lowest BCUT2D eigenvalue weighted by Gasteiger charge is -2.07. The van der Waals surface area contributed by atoms with Crippen molar-refractivity contribution in [3.63, 3.8) is 0 Å². The highest BCUT2D eigenvalue weighted by atomic mass is 79.9. The minimum atomic E-state index is -3.43. The Morgan fingerprint density at radius 3 is 2.56 bits per heavy atom. The fraction of sp³-hybridized carbons (Fsp3) is 0.417. The Labute approximate surface area is 115 Å². The molecule has 0 aliphatic rings. The number of carbonyl (C=O) groups is 1. The zero-order valence-electron chi connectivity index (χ0n) is 10.0. The van der Waals surface area contributed by atoms with Gasteiger partial charge in [0.05, 0.1) is 16.2 Å². The predicted molar refractivity (Wildman–Crippen MR) is 72.7 cm³/mol. The Bertz CT molecular complexity index is 537. The van der Waals surface area contributed by atoms with E-state index in [0.717, 1.165) is 12.8 Å². The summed E-state index contributed by atoms with van der Waals surface area (Å²) in [6.07, 6.45) is 2.36. The molecule has 0 saturated heterocycles. The van der Waals surface area contributed by atoms with Crippen molar-refractivity contribution < 1.29 is 18.3 Å². The summed E-state index contributed by atoms with van der Waals surface area (Å²) in [5, 5.41) is 8.87. The van der Waals surface area contributed by atoms with Crippen molar-refractivity contribution in [3.05, 3.63) is 28.2 Å². The first-order valence-electron chi connectivity index (χ1n) is 5.64. The molecule has 0 aromatic heterocycles. The van der Waals surface area contributed by atoms with Crippen LogP contribution in [0.4, 0.5) is 0 Å². The highest BCUT2D eigenvalue weighted by molar-refractivity contribution is 9.10. The number of rotatable bonds is 6. The number of benzene rings is 1. The number of sulfone groups is 1. The summed E-state index contributed by atoms with van der Waals surface area (Å²) in [5.74, 6) is -1.09. The first-order chi connectivity index (χ1) is 8.38. The summed E-state index contributed by atoms with van der Waals surface area (Å²) < 4.78 is 24.6. The molecule has 0 heterocycles. The van der Waals surface area contributed by atoms with E-state index in [1.165, 1.54) is 18.2 Å². The molecule has 1 N–H and O–H groups in total. The second-order valence-electron chi connectivity index (χ2n) is 3.98. The quantitative estimate of drug-likeness (QED) is 0.811. The fourth-order valence-corrected chi connectivity index (χ4v) is 3.99. The molecule has 6 heteroatoms. The van der Waals surface area contributed by atoms with Crippen molar-refractivity contribution in [1.29, 1.82) is 0 Å². The van der Waals surface area contributed by atoms with Crippen LogP contribution in [0, 0.1) is 0 Å². The number of halogens is 1. The third-order valence-corrected chi connectivity index (χ3v) is 5.32. The smallest absolute Gasteiger partial charge is 0.335 e.